The monoisotopic (exact) mass is 1010 g/mol. The van der Waals surface area contributed by atoms with Gasteiger partial charge >= 0.3 is 11.9 Å². The van der Waals surface area contributed by atoms with E-state index >= 15 is 0 Å². The fraction of sp³-hybridized carbons (Fsp3) is 0.509. The Morgan fingerprint density at radius 1 is 0.822 bits per heavy atom. The van der Waals surface area contributed by atoms with Crippen molar-refractivity contribution >= 4 is 59.4 Å². The second-order valence-corrected chi connectivity index (χ2v) is 19.2. The smallest absolute Gasteiger partial charge is 0.329 e. The number of ether oxygens (including phenoxy) is 1. The highest BCUT2D eigenvalue weighted by molar-refractivity contribution is 5.98. The first-order valence-electron chi connectivity index (χ1n) is 24.8. The average molecular weight is 1010 g/mol. The molecule has 2 fully saturated rings. The molecule has 2 aromatic carbocycles. The number of fused-ring (bicyclic) bond motifs is 1. The van der Waals surface area contributed by atoms with Crippen LogP contribution in [0.2, 0.25) is 0 Å². The van der Waals surface area contributed by atoms with Crippen molar-refractivity contribution in [1.82, 2.24) is 35.6 Å². The maximum atomic E-state index is 14.7. The Hall–Kier alpha value is -7.38. The van der Waals surface area contributed by atoms with Crippen molar-refractivity contribution in [2.24, 2.45) is 23.5 Å². The van der Waals surface area contributed by atoms with Gasteiger partial charge in [-0.05, 0) is 42.7 Å². The summed E-state index contributed by atoms with van der Waals surface area (Å²) in [7, 11) is 2.71. The number of aromatic nitrogens is 1. The molecule has 2 aliphatic rings. The summed E-state index contributed by atoms with van der Waals surface area (Å²) in [6.45, 7) is 10.3. The first kappa shape index (κ1) is 56.5. The zero-order valence-corrected chi connectivity index (χ0v) is 42.8. The number of carbonyl (C=O) groups excluding carboxylic acids is 8. The van der Waals surface area contributed by atoms with Crippen LogP contribution in [-0.2, 0) is 54.3 Å². The number of allylic oxidation sites excluding steroid dienone is 1. The molecule has 5 rings (SSSR count). The van der Waals surface area contributed by atoms with Gasteiger partial charge in [0.2, 0.25) is 47.2 Å². The second kappa shape index (κ2) is 25.8. The minimum atomic E-state index is -1.85. The predicted octanol–water partition coefficient (Wildman–Crippen LogP) is 3.51. The van der Waals surface area contributed by atoms with E-state index in [9.17, 15) is 48.3 Å². The highest BCUT2D eigenvalue weighted by Crippen LogP contribution is 2.31. The van der Waals surface area contributed by atoms with Crippen LogP contribution in [-0.4, -0.2) is 135 Å². The van der Waals surface area contributed by atoms with Crippen molar-refractivity contribution in [2.75, 3.05) is 20.6 Å². The Bertz CT molecular complexity index is 2480. The summed E-state index contributed by atoms with van der Waals surface area (Å²) in [5, 5.41) is 18.3. The van der Waals surface area contributed by atoms with Crippen LogP contribution in [0.1, 0.15) is 115 Å². The number of esters is 1. The maximum Gasteiger partial charge on any atom is 0.329 e. The molecule has 1 aromatic heterocycles. The van der Waals surface area contributed by atoms with Gasteiger partial charge in [-0.3, -0.25) is 33.6 Å². The number of benzene rings is 2. The molecular weight excluding hydrogens is 941 g/mol. The van der Waals surface area contributed by atoms with Gasteiger partial charge in [-0.15, -0.1) is 0 Å². The minimum Gasteiger partial charge on any atom is -0.480 e. The van der Waals surface area contributed by atoms with E-state index in [1.807, 2.05) is 49.4 Å². The first-order valence-corrected chi connectivity index (χ1v) is 24.8. The molecule has 3 heterocycles. The fourth-order valence-corrected chi connectivity index (χ4v) is 9.15. The Balaban J connectivity index is 1.63. The normalized spacial score (nSPS) is 25.8. The summed E-state index contributed by atoms with van der Waals surface area (Å²) in [5.41, 5.74) is 7.14. The Kier molecular flexibility index (Phi) is 20.0. The summed E-state index contributed by atoms with van der Waals surface area (Å²) in [5.74, 6) is -11.1. The molecule has 3 aromatic rings. The van der Waals surface area contributed by atoms with E-state index < -0.39 is 132 Å². The first-order chi connectivity index (χ1) is 34.7. The summed E-state index contributed by atoms with van der Waals surface area (Å²) in [6, 6.07) is 9.60. The number of cyclic esters (lactones) is 1. The van der Waals surface area contributed by atoms with Gasteiger partial charge < -0.3 is 50.6 Å². The number of nitrogens with one attached hydrogen (secondary N) is 3. The molecule has 0 bridgehead atoms. The van der Waals surface area contributed by atoms with E-state index in [1.54, 1.807) is 58.0 Å². The molecule has 2 aliphatic heterocycles. The molecule has 73 heavy (non-hydrogen) atoms. The lowest BCUT2D eigenvalue weighted by atomic mass is 9.92. The lowest BCUT2D eigenvalue weighted by Crippen LogP contribution is -2.61. The van der Waals surface area contributed by atoms with Crippen molar-refractivity contribution in [3.8, 4) is 0 Å². The van der Waals surface area contributed by atoms with Crippen LogP contribution in [0.15, 0.2) is 77.4 Å². The van der Waals surface area contributed by atoms with E-state index in [1.165, 1.54) is 37.1 Å². The Morgan fingerprint density at radius 3 is 2.05 bits per heavy atom. The number of carbonyl (C=O) groups is 9. The van der Waals surface area contributed by atoms with Crippen LogP contribution in [0.3, 0.4) is 0 Å². The lowest BCUT2D eigenvalue weighted by molar-refractivity contribution is -0.159. The van der Waals surface area contributed by atoms with Crippen LogP contribution in [0.5, 0.6) is 0 Å². The molecular formula is C53H70N8O12. The number of nitrogens with two attached hydrogens (primary N) is 1. The molecule has 0 unspecified atom stereocenters. The van der Waals surface area contributed by atoms with E-state index in [0.29, 0.717) is 24.8 Å². The second-order valence-electron chi connectivity index (χ2n) is 19.2. The Morgan fingerprint density at radius 2 is 1.44 bits per heavy atom. The number of carboxylic acids is 1. The van der Waals surface area contributed by atoms with Crippen molar-refractivity contribution in [3.63, 3.8) is 0 Å². The standard InChI is InChI=1S/C53H70N8O12/c1-9-30(3)43-48(66)55-36(27-41(54)62)50(67)61-25-17-22-40(61)47(65)57-38(26-35-20-15-12-16-21-35)53(71)73-45(39-29-72-49(58-39)32(5)23-24-34-18-13-11-14-19-34)33(6)46(64)56-37(52(69)70)28-42(63)59(7)44(31(4)10-2)51(68)60(43)8/h11-16,18-21,23-24,29-33,36-38,40,43-45H,9-10,17,22,25-28H2,1-8H3,(H2,54,62)(H,55,66)(H,56,64)(H,57,65)(H,69,70)/b24-23+/t30-,31+,32-,33+,36-,37+,38-,40-,43-,44+,45+/m0/s1. The molecule has 20 heteroatoms. The van der Waals surface area contributed by atoms with Crippen LogP contribution < -0.4 is 21.7 Å². The van der Waals surface area contributed by atoms with Crippen molar-refractivity contribution in [2.45, 2.75) is 135 Å². The SMILES string of the molecule is CC[C@@H](C)[C@@H]1C(=O)N(C)[C@@H]([C@@H](C)CC)C(=O)N[C@@H](CC(N)=O)C(=O)N2CCC[C@H]2C(=O)N[C@@H](Cc2ccccc2)C(=O)O[C@@H](c2coc([C@@H](C)/C=C/c3ccccc3)n2)[C@@H](C)C(=O)N[C@@H](C(=O)O)CC(=O)N1C. The number of nitrogens with zero attached hydrogens (tertiary/aromatic N) is 4. The van der Waals surface area contributed by atoms with E-state index in [2.05, 4.69) is 20.9 Å². The summed E-state index contributed by atoms with van der Waals surface area (Å²) < 4.78 is 12.0. The molecule has 20 nitrogen and oxygen atoms in total. The zero-order chi connectivity index (χ0) is 53.7. The number of aliphatic carboxylic acids is 1. The largest absolute Gasteiger partial charge is 0.480 e. The van der Waals surface area contributed by atoms with E-state index in [-0.39, 0.29) is 31.0 Å². The quantitative estimate of drug-likeness (QED) is 0.154. The number of hydrogen-bond acceptors (Lipinski definition) is 12. The van der Waals surface area contributed by atoms with Gasteiger partial charge in [0.25, 0.3) is 0 Å². The lowest BCUT2D eigenvalue weighted by Gasteiger charge is -2.39. The highest BCUT2D eigenvalue weighted by Gasteiger charge is 2.44. The molecule has 0 saturated carbocycles. The average Bonchev–Trinajstić information content (AvgIpc) is 4.08. The minimum absolute atomic E-state index is 0.0196. The van der Waals surface area contributed by atoms with Gasteiger partial charge in [-0.25, -0.2) is 14.6 Å². The van der Waals surface area contributed by atoms with E-state index in [4.69, 9.17) is 14.9 Å². The van der Waals surface area contributed by atoms with Crippen LogP contribution in [0.25, 0.3) is 6.08 Å². The molecule has 6 N–H and O–H groups in total. The number of carboxylic acid groups (broad SMARTS) is 1. The van der Waals surface area contributed by atoms with Gasteiger partial charge in [0.1, 0.15) is 48.2 Å². The number of rotatable bonds is 13. The fourth-order valence-electron chi connectivity index (χ4n) is 9.15. The van der Waals surface area contributed by atoms with Crippen LogP contribution in [0, 0.1) is 17.8 Å². The van der Waals surface area contributed by atoms with Gasteiger partial charge in [-0.1, -0.05) is 120 Å². The molecule has 7 amide bonds. The van der Waals surface area contributed by atoms with Gasteiger partial charge in [-0.2, -0.15) is 0 Å². The number of hydrogen-bond donors (Lipinski definition) is 5. The molecule has 0 radical (unpaired) electrons. The topological polar surface area (TPSA) is 281 Å². The van der Waals surface area contributed by atoms with Crippen LogP contribution in [0.4, 0.5) is 0 Å². The predicted molar refractivity (Wildman–Crippen MR) is 267 cm³/mol. The number of amides is 7. The van der Waals surface area contributed by atoms with Crippen molar-refractivity contribution in [1.29, 1.82) is 0 Å². The number of likely N-dealkylation sites (N-methyl/N-ethyl adjacent to an activating group) is 2. The van der Waals surface area contributed by atoms with Crippen LogP contribution >= 0.6 is 0 Å². The third-order valence-corrected chi connectivity index (χ3v) is 13.9. The summed E-state index contributed by atoms with van der Waals surface area (Å²) in [4.78, 5) is 135. The van der Waals surface area contributed by atoms with Gasteiger partial charge in [0, 0.05) is 27.1 Å². The molecule has 11 atom stereocenters. The zero-order valence-electron chi connectivity index (χ0n) is 42.8. The summed E-state index contributed by atoms with van der Waals surface area (Å²) in [6.07, 6.45) is 2.99. The molecule has 0 aliphatic carbocycles. The Labute approximate surface area is 425 Å². The van der Waals surface area contributed by atoms with Crippen molar-refractivity contribution in [3.05, 3.63) is 95.7 Å². The summed E-state index contributed by atoms with van der Waals surface area (Å²) >= 11 is 0. The van der Waals surface area contributed by atoms with Gasteiger partial charge in [0.15, 0.2) is 6.10 Å². The maximum absolute atomic E-state index is 14.7. The third kappa shape index (κ3) is 14.4. The third-order valence-electron chi connectivity index (χ3n) is 13.9. The number of oxazole rings is 1. The van der Waals surface area contributed by atoms with E-state index in [0.717, 1.165) is 10.5 Å². The van der Waals surface area contributed by atoms with Crippen molar-refractivity contribution < 1.29 is 57.4 Å². The molecule has 394 valence electrons. The molecule has 2 saturated heterocycles. The van der Waals surface area contributed by atoms with Gasteiger partial charge in [0.05, 0.1) is 24.7 Å². The number of primary amides is 1. The molecule has 0 spiro atoms. The highest BCUT2D eigenvalue weighted by atomic mass is 16.5.